The highest BCUT2D eigenvalue weighted by Gasteiger charge is 2.18. The summed E-state index contributed by atoms with van der Waals surface area (Å²) in [5.41, 5.74) is 8.11. The standard InChI is InChI=1S/C26H25N3O4/c1-2-29(26(31)24-17-19-7-3-6-10-23(19)33-24)15-16-32-20-13-11-18(12-14-20)25(30)28-22-9-5-4-8-21(22)27/h3-14,17H,2,15-16,27H2,1H3,(H,28,30). The Hall–Kier alpha value is -4.26. The van der Waals surface area contributed by atoms with Crippen LogP contribution in [0.2, 0.25) is 0 Å². The molecule has 0 saturated heterocycles. The van der Waals surface area contributed by atoms with Gasteiger partial charge in [0.25, 0.3) is 11.8 Å². The molecule has 4 aromatic rings. The monoisotopic (exact) mass is 443 g/mol. The number of anilines is 2. The van der Waals surface area contributed by atoms with Gasteiger partial charge >= 0.3 is 0 Å². The Kier molecular flexibility index (Phi) is 6.59. The van der Waals surface area contributed by atoms with Crippen LogP contribution in [-0.4, -0.2) is 36.4 Å². The number of fused-ring (bicyclic) bond motifs is 1. The molecular formula is C26H25N3O4. The summed E-state index contributed by atoms with van der Waals surface area (Å²) in [7, 11) is 0. The second-order valence-corrected chi connectivity index (χ2v) is 7.45. The summed E-state index contributed by atoms with van der Waals surface area (Å²) in [6.45, 7) is 3.15. The van der Waals surface area contributed by atoms with Crippen molar-refractivity contribution in [1.29, 1.82) is 0 Å². The van der Waals surface area contributed by atoms with Crippen LogP contribution >= 0.6 is 0 Å². The second kappa shape index (κ2) is 9.91. The summed E-state index contributed by atoms with van der Waals surface area (Å²) in [5.74, 6) is 0.489. The van der Waals surface area contributed by atoms with E-state index in [2.05, 4.69) is 5.32 Å². The summed E-state index contributed by atoms with van der Waals surface area (Å²) in [5, 5.41) is 3.69. The van der Waals surface area contributed by atoms with Crippen molar-refractivity contribution in [3.05, 3.63) is 90.2 Å². The van der Waals surface area contributed by atoms with Gasteiger partial charge in [0.2, 0.25) is 0 Å². The molecule has 0 atom stereocenters. The van der Waals surface area contributed by atoms with Gasteiger partial charge in [0.05, 0.1) is 17.9 Å². The normalized spacial score (nSPS) is 10.7. The zero-order valence-electron chi connectivity index (χ0n) is 18.3. The molecule has 1 aromatic heterocycles. The second-order valence-electron chi connectivity index (χ2n) is 7.45. The predicted octanol–water partition coefficient (Wildman–Crippen LogP) is 4.81. The van der Waals surface area contributed by atoms with E-state index >= 15 is 0 Å². The van der Waals surface area contributed by atoms with Gasteiger partial charge in [-0.15, -0.1) is 0 Å². The van der Waals surface area contributed by atoms with Crippen LogP contribution in [0.4, 0.5) is 11.4 Å². The summed E-state index contributed by atoms with van der Waals surface area (Å²) in [4.78, 5) is 26.9. The summed E-state index contributed by atoms with van der Waals surface area (Å²) in [6, 6.07) is 23.2. The number of furan rings is 1. The number of amides is 2. The minimum atomic E-state index is -0.256. The Bertz CT molecular complexity index is 1230. The van der Waals surface area contributed by atoms with E-state index in [0.717, 1.165) is 5.39 Å². The Labute approximate surface area is 191 Å². The fourth-order valence-corrected chi connectivity index (χ4v) is 3.43. The summed E-state index contributed by atoms with van der Waals surface area (Å²) < 4.78 is 11.5. The molecule has 0 fully saturated rings. The van der Waals surface area contributed by atoms with Gasteiger partial charge in [-0.25, -0.2) is 0 Å². The number of nitrogen functional groups attached to an aromatic ring is 1. The highest BCUT2D eigenvalue weighted by Crippen LogP contribution is 2.21. The molecule has 3 aromatic carbocycles. The maximum atomic E-state index is 12.8. The Morgan fingerprint density at radius 1 is 1.00 bits per heavy atom. The predicted molar refractivity (Wildman–Crippen MR) is 129 cm³/mol. The fraction of sp³-hybridized carbons (Fsp3) is 0.154. The van der Waals surface area contributed by atoms with Crippen LogP contribution in [0.1, 0.15) is 27.8 Å². The number of nitrogens with one attached hydrogen (secondary N) is 1. The van der Waals surface area contributed by atoms with Gasteiger partial charge in [-0.3, -0.25) is 9.59 Å². The van der Waals surface area contributed by atoms with Crippen LogP contribution in [0.15, 0.2) is 83.3 Å². The third-order valence-corrected chi connectivity index (χ3v) is 5.26. The number of hydrogen-bond donors (Lipinski definition) is 2. The van der Waals surface area contributed by atoms with Crippen LogP contribution in [-0.2, 0) is 0 Å². The number of carbonyl (C=O) groups excluding carboxylic acids is 2. The van der Waals surface area contributed by atoms with E-state index in [9.17, 15) is 9.59 Å². The van der Waals surface area contributed by atoms with Gasteiger partial charge in [-0.2, -0.15) is 0 Å². The van der Waals surface area contributed by atoms with Gasteiger partial charge in [0, 0.05) is 17.5 Å². The molecule has 7 heteroatoms. The van der Waals surface area contributed by atoms with Crippen LogP contribution in [0.3, 0.4) is 0 Å². The van der Waals surface area contributed by atoms with Crippen molar-refractivity contribution < 1.29 is 18.7 Å². The number of likely N-dealkylation sites (N-methyl/N-ethyl adjacent to an activating group) is 1. The minimum Gasteiger partial charge on any atom is -0.492 e. The molecule has 0 aliphatic heterocycles. The molecule has 0 aliphatic carbocycles. The molecule has 3 N–H and O–H groups in total. The van der Waals surface area contributed by atoms with Crippen molar-refractivity contribution >= 4 is 34.2 Å². The Balaban J connectivity index is 1.31. The maximum absolute atomic E-state index is 12.8. The van der Waals surface area contributed by atoms with E-state index in [4.69, 9.17) is 14.9 Å². The SMILES string of the molecule is CCN(CCOc1ccc(C(=O)Nc2ccccc2N)cc1)C(=O)c1cc2ccccc2o1. The maximum Gasteiger partial charge on any atom is 0.289 e. The lowest BCUT2D eigenvalue weighted by Gasteiger charge is -2.19. The van der Waals surface area contributed by atoms with Crippen molar-refractivity contribution in [3.63, 3.8) is 0 Å². The van der Waals surface area contributed by atoms with Crippen molar-refractivity contribution in [3.8, 4) is 5.75 Å². The lowest BCUT2D eigenvalue weighted by atomic mass is 10.2. The van der Waals surface area contributed by atoms with Crippen LogP contribution < -0.4 is 15.8 Å². The zero-order chi connectivity index (χ0) is 23.2. The Morgan fingerprint density at radius 3 is 2.45 bits per heavy atom. The van der Waals surface area contributed by atoms with Gasteiger partial charge in [0.1, 0.15) is 17.9 Å². The molecule has 4 rings (SSSR count). The van der Waals surface area contributed by atoms with E-state index in [1.807, 2.05) is 37.3 Å². The van der Waals surface area contributed by atoms with Gasteiger partial charge < -0.3 is 25.1 Å². The molecule has 33 heavy (non-hydrogen) atoms. The molecular weight excluding hydrogens is 418 g/mol. The zero-order valence-corrected chi connectivity index (χ0v) is 18.3. The number of para-hydroxylation sites is 3. The summed E-state index contributed by atoms with van der Waals surface area (Å²) in [6.07, 6.45) is 0. The van der Waals surface area contributed by atoms with Crippen molar-refractivity contribution in [1.82, 2.24) is 4.90 Å². The highest BCUT2D eigenvalue weighted by atomic mass is 16.5. The van der Waals surface area contributed by atoms with Gasteiger partial charge in [0.15, 0.2) is 5.76 Å². The van der Waals surface area contributed by atoms with Crippen LogP contribution in [0, 0.1) is 0 Å². The molecule has 0 radical (unpaired) electrons. The number of carbonyl (C=O) groups is 2. The third kappa shape index (κ3) is 5.15. The van der Waals surface area contributed by atoms with Crippen molar-refractivity contribution in [2.45, 2.75) is 6.92 Å². The number of rotatable bonds is 8. The van der Waals surface area contributed by atoms with Gasteiger partial charge in [-0.05, 0) is 55.5 Å². The molecule has 168 valence electrons. The topological polar surface area (TPSA) is 97.8 Å². The first kappa shape index (κ1) is 22.0. The number of hydrogen-bond acceptors (Lipinski definition) is 5. The lowest BCUT2D eigenvalue weighted by Crippen LogP contribution is -2.34. The van der Waals surface area contributed by atoms with E-state index in [0.29, 0.717) is 53.7 Å². The number of nitrogens with two attached hydrogens (primary N) is 1. The average Bonchev–Trinajstić information content (AvgIpc) is 3.28. The van der Waals surface area contributed by atoms with Crippen LogP contribution in [0.25, 0.3) is 11.0 Å². The molecule has 0 saturated carbocycles. The molecule has 1 heterocycles. The number of benzene rings is 3. The first-order valence-corrected chi connectivity index (χ1v) is 10.7. The van der Waals surface area contributed by atoms with E-state index < -0.39 is 0 Å². The van der Waals surface area contributed by atoms with Crippen molar-refractivity contribution in [2.75, 3.05) is 30.7 Å². The quantitative estimate of drug-likeness (QED) is 0.381. The van der Waals surface area contributed by atoms with E-state index in [1.54, 1.807) is 53.4 Å². The number of nitrogens with zero attached hydrogens (tertiary/aromatic N) is 1. The molecule has 0 unspecified atom stereocenters. The number of ether oxygens (including phenoxy) is 1. The highest BCUT2D eigenvalue weighted by molar-refractivity contribution is 6.05. The third-order valence-electron chi connectivity index (χ3n) is 5.26. The summed E-state index contributed by atoms with van der Waals surface area (Å²) >= 11 is 0. The van der Waals surface area contributed by atoms with Gasteiger partial charge in [-0.1, -0.05) is 30.3 Å². The smallest absolute Gasteiger partial charge is 0.289 e. The fourth-order valence-electron chi connectivity index (χ4n) is 3.43. The van der Waals surface area contributed by atoms with E-state index in [-0.39, 0.29) is 11.8 Å². The average molecular weight is 444 g/mol. The molecule has 0 bridgehead atoms. The first-order valence-electron chi connectivity index (χ1n) is 10.7. The Morgan fingerprint density at radius 2 is 1.73 bits per heavy atom. The van der Waals surface area contributed by atoms with E-state index in [1.165, 1.54) is 0 Å². The molecule has 0 aliphatic rings. The lowest BCUT2D eigenvalue weighted by molar-refractivity contribution is 0.0710. The first-order chi connectivity index (χ1) is 16.0. The van der Waals surface area contributed by atoms with Crippen molar-refractivity contribution in [2.24, 2.45) is 0 Å². The molecule has 0 spiro atoms. The van der Waals surface area contributed by atoms with Crippen LogP contribution in [0.5, 0.6) is 5.75 Å². The largest absolute Gasteiger partial charge is 0.492 e. The molecule has 7 nitrogen and oxygen atoms in total. The minimum absolute atomic E-state index is 0.176. The molecule has 2 amide bonds.